The summed E-state index contributed by atoms with van der Waals surface area (Å²) in [7, 11) is 0. The van der Waals surface area contributed by atoms with Gasteiger partial charge < -0.3 is 0 Å². The Morgan fingerprint density at radius 1 is 0.306 bits per heavy atom. The molecule has 9 aromatic rings. The molecule has 0 spiro atoms. The highest BCUT2D eigenvalue weighted by molar-refractivity contribution is 6.26. The first-order valence-corrected chi connectivity index (χ1v) is 17.4. The number of hydrogen-bond donors (Lipinski definition) is 0. The van der Waals surface area contributed by atoms with Crippen LogP contribution in [0.5, 0.6) is 0 Å². The number of benzene rings is 9. The Morgan fingerprint density at radius 3 is 1.82 bits per heavy atom. The van der Waals surface area contributed by atoms with Crippen molar-refractivity contribution in [3.05, 3.63) is 169 Å². The molecule has 0 bridgehead atoms. The summed E-state index contributed by atoms with van der Waals surface area (Å²) in [6.07, 6.45) is 0. The maximum Gasteiger partial charge on any atom is 0.0159 e. The lowest BCUT2D eigenvalue weighted by molar-refractivity contribution is 0.660. The smallest absolute Gasteiger partial charge is 0.0159 e. The van der Waals surface area contributed by atoms with E-state index in [1.54, 1.807) is 0 Å². The van der Waals surface area contributed by atoms with E-state index in [1.165, 1.54) is 110 Å². The average molecular weight is 621 g/mol. The molecule has 228 valence electrons. The minimum atomic E-state index is -0.0169. The van der Waals surface area contributed by atoms with Gasteiger partial charge in [-0.1, -0.05) is 153 Å². The van der Waals surface area contributed by atoms with Gasteiger partial charge in [-0.3, -0.25) is 0 Å². The summed E-state index contributed by atoms with van der Waals surface area (Å²) in [5.41, 5.74) is 16.0. The molecule has 0 fully saturated rings. The van der Waals surface area contributed by atoms with Gasteiger partial charge in [0.25, 0.3) is 0 Å². The van der Waals surface area contributed by atoms with Gasteiger partial charge in [-0.25, -0.2) is 0 Å². The van der Waals surface area contributed by atoms with Crippen molar-refractivity contribution < 1.29 is 0 Å². The molecule has 0 radical (unpaired) electrons. The number of fused-ring (bicyclic) bond motifs is 11. The van der Waals surface area contributed by atoms with Gasteiger partial charge in [0.15, 0.2) is 0 Å². The highest BCUT2D eigenvalue weighted by Gasteiger charge is 2.35. The fourth-order valence-electron chi connectivity index (χ4n) is 9.26. The Kier molecular flexibility index (Phi) is 5.27. The van der Waals surface area contributed by atoms with Crippen LogP contribution in [0, 0.1) is 0 Å². The molecular formula is C49H32. The van der Waals surface area contributed by atoms with Crippen LogP contribution < -0.4 is 0 Å². The first-order chi connectivity index (χ1) is 24.1. The minimum absolute atomic E-state index is 0.0169. The molecule has 0 unspecified atom stereocenters. The first-order valence-electron chi connectivity index (χ1n) is 17.4. The topological polar surface area (TPSA) is 0 Å². The summed E-state index contributed by atoms with van der Waals surface area (Å²) in [4.78, 5) is 0. The van der Waals surface area contributed by atoms with Crippen LogP contribution in [0.15, 0.2) is 158 Å². The molecule has 0 saturated heterocycles. The Labute approximate surface area is 285 Å². The van der Waals surface area contributed by atoms with Crippen LogP contribution in [-0.2, 0) is 5.41 Å². The molecule has 0 atom stereocenters. The Morgan fingerprint density at radius 2 is 0.918 bits per heavy atom. The van der Waals surface area contributed by atoms with Crippen molar-refractivity contribution in [3.63, 3.8) is 0 Å². The van der Waals surface area contributed by atoms with Gasteiger partial charge in [-0.05, 0) is 128 Å². The summed E-state index contributed by atoms with van der Waals surface area (Å²) < 4.78 is 0. The SMILES string of the molecule is CC1(C)c2ccccc2-c2ccc(-c3ccc4c(c3)-c3cccc5c(-c6cc7ccc8ccccc8c7c7ccccc67)ccc-4c35)cc21. The van der Waals surface area contributed by atoms with Crippen molar-refractivity contribution in [1.29, 1.82) is 0 Å². The lowest BCUT2D eigenvalue weighted by atomic mass is 9.81. The third-order valence-corrected chi connectivity index (χ3v) is 11.6. The molecule has 0 saturated carbocycles. The zero-order valence-electron chi connectivity index (χ0n) is 27.5. The second-order valence-electron chi connectivity index (χ2n) is 14.4. The Hall–Kier alpha value is -5.98. The third-order valence-electron chi connectivity index (χ3n) is 11.6. The molecule has 0 N–H and O–H groups in total. The van der Waals surface area contributed by atoms with E-state index in [9.17, 15) is 0 Å². The summed E-state index contributed by atoms with van der Waals surface area (Å²) in [5, 5.41) is 10.5. The van der Waals surface area contributed by atoms with Crippen molar-refractivity contribution in [3.8, 4) is 55.6 Å². The van der Waals surface area contributed by atoms with E-state index in [0.717, 1.165) is 0 Å². The Bertz CT molecular complexity index is 2900. The Balaban J connectivity index is 1.09. The minimum Gasteiger partial charge on any atom is -0.0619 e. The van der Waals surface area contributed by atoms with Crippen LogP contribution in [-0.4, -0.2) is 0 Å². The lowest BCUT2D eigenvalue weighted by Gasteiger charge is -2.22. The van der Waals surface area contributed by atoms with E-state index in [2.05, 4.69) is 172 Å². The van der Waals surface area contributed by atoms with Crippen LogP contribution in [0.3, 0.4) is 0 Å². The maximum absolute atomic E-state index is 2.44. The molecule has 2 aliphatic rings. The largest absolute Gasteiger partial charge is 0.0619 e. The average Bonchev–Trinajstić information content (AvgIpc) is 3.60. The van der Waals surface area contributed by atoms with Crippen molar-refractivity contribution >= 4 is 43.1 Å². The van der Waals surface area contributed by atoms with E-state index >= 15 is 0 Å². The van der Waals surface area contributed by atoms with Crippen molar-refractivity contribution in [2.75, 3.05) is 0 Å². The van der Waals surface area contributed by atoms with Crippen molar-refractivity contribution in [2.24, 2.45) is 0 Å². The van der Waals surface area contributed by atoms with E-state index in [0.29, 0.717) is 0 Å². The third kappa shape index (κ3) is 3.58. The van der Waals surface area contributed by atoms with E-state index in [1.807, 2.05) is 0 Å². The molecule has 11 rings (SSSR count). The van der Waals surface area contributed by atoms with E-state index < -0.39 is 0 Å². The van der Waals surface area contributed by atoms with Crippen LogP contribution in [0.25, 0.3) is 98.7 Å². The molecule has 0 amide bonds. The van der Waals surface area contributed by atoms with E-state index in [4.69, 9.17) is 0 Å². The summed E-state index contributed by atoms with van der Waals surface area (Å²) in [6, 6.07) is 59.4. The van der Waals surface area contributed by atoms with Crippen LogP contribution in [0.1, 0.15) is 25.0 Å². The second kappa shape index (κ2) is 9.56. The molecule has 49 heavy (non-hydrogen) atoms. The summed E-state index contributed by atoms with van der Waals surface area (Å²) >= 11 is 0. The highest BCUT2D eigenvalue weighted by Crippen LogP contribution is 2.53. The van der Waals surface area contributed by atoms with Crippen LogP contribution >= 0.6 is 0 Å². The zero-order valence-corrected chi connectivity index (χ0v) is 27.5. The van der Waals surface area contributed by atoms with Crippen LogP contribution in [0.2, 0.25) is 0 Å². The van der Waals surface area contributed by atoms with Crippen molar-refractivity contribution in [1.82, 2.24) is 0 Å². The summed E-state index contributed by atoms with van der Waals surface area (Å²) in [6.45, 7) is 4.72. The monoisotopic (exact) mass is 620 g/mol. The number of rotatable bonds is 2. The molecule has 2 aliphatic carbocycles. The molecular weight excluding hydrogens is 589 g/mol. The molecule has 9 aromatic carbocycles. The van der Waals surface area contributed by atoms with Crippen molar-refractivity contribution in [2.45, 2.75) is 19.3 Å². The van der Waals surface area contributed by atoms with Gasteiger partial charge in [-0.2, -0.15) is 0 Å². The van der Waals surface area contributed by atoms with Gasteiger partial charge in [-0.15, -0.1) is 0 Å². The quantitative estimate of drug-likeness (QED) is 0.169. The predicted molar refractivity (Wildman–Crippen MR) is 209 cm³/mol. The molecule has 0 aliphatic heterocycles. The van der Waals surface area contributed by atoms with Gasteiger partial charge in [0.1, 0.15) is 0 Å². The predicted octanol–water partition coefficient (Wildman–Crippen LogP) is 13.6. The standard InChI is InChI=1S/C49H32/c1-49(2)45-17-8-7-13-37(45)38-23-21-31(28-46(38)49)30-20-22-35-42-25-24-36(40-15-9-16-41(48(40)42)44(35)26-30)43-27-32-19-18-29-10-3-4-11-33(29)47(32)39-14-6-5-12-34(39)43/h3-28H,1-2H3. The highest BCUT2D eigenvalue weighted by atomic mass is 14.4. The van der Waals surface area contributed by atoms with Gasteiger partial charge in [0.2, 0.25) is 0 Å². The zero-order chi connectivity index (χ0) is 32.4. The molecule has 0 heteroatoms. The summed E-state index contributed by atoms with van der Waals surface area (Å²) in [5.74, 6) is 0. The second-order valence-corrected chi connectivity index (χ2v) is 14.4. The van der Waals surface area contributed by atoms with E-state index in [-0.39, 0.29) is 5.41 Å². The molecule has 0 aromatic heterocycles. The fraction of sp³-hybridized carbons (Fsp3) is 0.0612. The fourth-order valence-corrected chi connectivity index (χ4v) is 9.26. The van der Waals surface area contributed by atoms with Gasteiger partial charge in [0, 0.05) is 5.41 Å². The number of hydrogen-bond acceptors (Lipinski definition) is 0. The lowest BCUT2D eigenvalue weighted by Crippen LogP contribution is -2.14. The van der Waals surface area contributed by atoms with Gasteiger partial charge >= 0.3 is 0 Å². The van der Waals surface area contributed by atoms with Gasteiger partial charge in [0.05, 0.1) is 0 Å². The molecule has 0 heterocycles. The normalized spacial score (nSPS) is 13.7. The first kappa shape index (κ1) is 27.0. The molecule has 0 nitrogen and oxygen atoms in total. The van der Waals surface area contributed by atoms with Crippen LogP contribution in [0.4, 0.5) is 0 Å². The maximum atomic E-state index is 2.44.